The van der Waals surface area contributed by atoms with Crippen LogP contribution in [0.2, 0.25) is 0 Å². The third-order valence-electron chi connectivity index (χ3n) is 5.32. The fraction of sp³-hybridized carbons (Fsp3) is 0.875. The zero-order valence-electron chi connectivity index (χ0n) is 21.5. The first kappa shape index (κ1) is 33.0. The second-order valence-corrected chi connectivity index (χ2v) is 12.0. The molecule has 2 amide bonds. The molecule has 0 aromatic heterocycles. The highest BCUT2D eigenvalue weighted by Gasteiger charge is 2.17. The maximum atomic E-state index is 11.4. The number of aliphatic hydroxyl groups is 1. The minimum Gasteiger partial charge on any atom is -0.481 e. The summed E-state index contributed by atoms with van der Waals surface area (Å²) in [6.07, 6.45) is 6.05. The molecular formula is C24H46N2O6S2. The van der Waals surface area contributed by atoms with Crippen LogP contribution in [0.5, 0.6) is 0 Å². The Bertz CT molecular complexity index is 574. The summed E-state index contributed by atoms with van der Waals surface area (Å²) >= 11 is 0. The van der Waals surface area contributed by atoms with E-state index in [-0.39, 0.29) is 49.5 Å². The highest BCUT2D eigenvalue weighted by atomic mass is 33.1. The summed E-state index contributed by atoms with van der Waals surface area (Å²) in [4.78, 5) is 33.1. The van der Waals surface area contributed by atoms with Gasteiger partial charge in [-0.3, -0.25) is 14.4 Å². The van der Waals surface area contributed by atoms with Gasteiger partial charge in [0.2, 0.25) is 11.8 Å². The molecular weight excluding hydrogens is 476 g/mol. The number of aliphatic carboxylic acids is 1. The zero-order chi connectivity index (χ0) is 25.9. The van der Waals surface area contributed by atoms with E-state index in [9.17, 15) is 14.4 Å². The van der Waals surface area contributed by atoms with Crippen molar-refractivity contribution in [1.82, 2.24) is 10.6 Å². The molecule has 1 saturated heterocycles. The molecule has 1 fully saturated rings. The number of unbranched alkanes of at least 4 members (excludes halogenated alkanes) is 1. The van der Waals surface area contributed by atoms with E-state index in [2.05, 4.69) is 24.5 Å². The summed E-state index contributed by atoms with van der Waals surface area (Å²) in [5.74, 6) is 0.736. The maximum Gasteiger partial charge on any atom is 0.303 e. The monoisotopic (exact) mass is 522 g/mol. The number of ether oxygens (including phenoxy) is 1. The number of rotatable bonds is 16. The minimum atomic E-state index is -0.959. The fourth-order valence-corrected chi connectivity index (χ4v) is 5.94. The first-order valence-electron chi connectivity index (χ1n) is 12.4. The van der Waals surface area contributed by atoms with Gasteiger partial charge in [0.15, 0.2) is 0 Å². The molecule has 0 aliphatic carbocycles. The summed E-state index contributed by atoms with van der Waals surface area (Å²) in [5.41, 5.74) is 0. The van der Waals surface area contributed by atoms with Crippen LogP contribution in [0.25, 0.3) is 0 Å². The molecule has 4 unspecified atom stereocenters. The number of carboxylic acid groups (broad SMARTS) is 1. The lowest BCUT2D eigenvalue weighted by Gasteiger charge is -2.22. The second kappa shape index (κ2) is 20.2. The van der Waals surface area contributed by atoms with Crippen LogP contribution in [0.15, 0.2) is 0 Å². The number of carboxylic acids is 1. The second-order valence-electron chi connectivity index (χ2n) is 9.23. The lowest BCUT2D eigenvalue weighted by atomic mass is 10.1. The predicted octanol–water partition coefficient (Wildman–Crippen LogP) is 4.00. The van der Waals surface area contributed by atoms with Crippen LogP contribution in [0, 0.1) is 5.92 Å². The van der Waals surface area contributed by atoms with Crippen molar-refractivity contribution < 1.29 is 29.3 Å². The van der Waals surface area contributed by atoms with Gasteiger partial charge in [-0.05, 0) is 52.4 Å². The molecule has 0 radical (unpaired) electrons. The molecule has 0 bridgehead atoms. The Labute approximate surface area is 213 Å². The zero-order valence-corrected chi connectivity index (χ0v) is 23.1. The van der Waals surface area contributed by atoms with Crippen molar-refractivity contribution in [3.63, 3.8) is 0 Å². The van der Waals surface area contributed by atoms with Gasteiger partial charge in [0.1, 0.15) is 0 Å². The number of nitrogens with one attached hydrogen (secondary N) is 2. The highest BCUT2D eigenvalue weighted by molar-refractivity contribution is 8.77. The molecule has 8 nitrogen and oxygen atoms in total. The molecule has 0 saturated carbocycles. The van der Waals surface area contributed by atoms with Crippen molar-refractivity contribution in [3.8, 4) is 0 Å². The van der Waals surface area contributed by atoms with E-state index < -0.39 is 5.97 Å². The number of hydrogen-bond acceptors (Lipinski definition) is 7. The number of aliphatic hydroxyl groups excluding tert-OH is 1. The van der Waals surface area contributed by atoms with Gasteiger partial charge in [0, 0.05) is 36.5 Å². The summed E-state index contributed by atoms with van der Waals surface area (Å²) in [6.45, 7) is 10.5. The maximum absolute atomic E-state index is 11.4. The average molecular weight is 523 g/mol. The van der Waals surface area contributed by atoms with Gasteiger partial charge in [-0.1, -0.05) is 41.9 Å². The number of carbonyl (C=O) groups excluding carboxylic acids is 2. The Morgan fingerprint density at radius 1 is 1.00 bits per heavy atom. The molecule has 4 N–H and O–H groups in total. The highest BCUT2D eigenvalue weighted by Crippen LogP contribution is 2.39. The minimum absolute atomic E-state index is 0.0123. The van der Waals surface area contributed by atoms with Crippen molar-refractivity contribution in [1.29, 1.82) is 0 Å². The molecule has 34 heavy (non-hydrogen) atoms. The summed E-state index contributed by atoms with van der Waals surface area (Å²) in [7, 11) is 3.97. The van der Waals surface area contributed by atoms with Gasteiger partial charge in [-0.15, -0.1) is 0 Å². The Morgan fingerprint density at radius 3 is 2.24 bits per heavy atom. The third kappa shape index (κ3) is 19.3. The van der Waals surface area contributed by atoms with Gasteiger partial charge in [0.25, 0.3) is 0 Å². The topological polar surface area (TPSA) is 125 Å². The summed E-state index contributed by atoms with van der Waals surface area (Å²) < 4.78 is 5.61. The molecule has 0 aromatic rings. The predicted molar refractivity (Wildman–Crippen MR) is 141 cm³/mol. The molecule has 4 atom stereocenters. The Hall–Kier alpha value is -0.970. The van der Waals surface area contributed by atoms with Crippen LogP contribution < -0.4 is 10.6 Å². The number of amides is 2. The quantitative estimate of drug-likeness (QED) is 0.177. The van der Waals surface area contributed by atoms with Gasteiger partial charge in [-0.25, -0.2) is 0 Å². The average Bonchev–Trinajstić information content (AvgIpc) is 3.29. The third-order valence-corrected chi connectivity index (χ3v) is 8.33. The van der Waals surface area contributed by atoms with Crippen LogP contribution >= 0.6 is 21.6 Å². The summed E-state index contributed by atoms with van der Waals surface area (Å²) in [6, 6.07) is -0.229. The molecule has 10 heteroatoms. The van der Waals surface area contributed by atoms with Gasteiger partial charge >= 0.3 is 5.97 Å². The van der Waals surface area contributed by atoms with Crippen LogP contribution in [-0.4, -0.2) is 70.4 Å². The molecule has 0 spiro atoms. The number of carbonyl (C=O) groups is 3. The van der Waals surface area contributed by atoms with Crippen LogP contribution in [0.1, 0.15) is 86.0 Å². The Kier molecular flexibility index (Phi) is 19.7. The fourth-order valence-electron chi connectivity index (χ4n) is 2.91. The number of hydrogen-bond donors (Lipinski definition) is 4. The van der Waals surface area contributed by atoms with E-state index in [1.807, 2.05) is 42.4 Å². The van der Waals surface area contributed by atoms with Crippen molar-refractivity contribution in [2.45, 2.75) is 109 Å². The Balaban J connectivity index is 0.000000644. The van der Waals surface area contributed by atoms with Crippen molar-refractivity contribution in [2.75, 3.05) is 19.0 Å². The SMILES string of the molecule is CC(C)CCOC(C)C(C)NC(=O)CCC(=O)O.CC(CO)NC(=O)CCCCC1CCSS1. The molecule has 1 aliphatic rings. The first-order chi connectivity index (χ1) is 16.0. The van der Waals surface area contributed by atoms with E-state index >= 15 is 0 Å². The van der Waals surface area contributed by atoms with Crippen molar-refractivity contribution in [3.05, 3.63) is 0 Å². The summed E-state index contributed by atoms with van der Waals surface area (Å²) in [5, 5.41) is 23.6. The van der Waals surface area contributed by atoms with Crippen molar-refractivity contribution in [2.24, 2.45) is 5.92 Å². The Morgan fingerprint density at radius 2 is 1.68 bits per heavy atom. The van der Waals surface area contributed by atoms with E-state index in [1.54, 1.807) is 0 Å². The molecule has 200 valence electrons. The van der Waals surface area contributed by atoms with Crippen LogP contribution in [0.3, 0.4) is 0 Å². The van der Waals surface area contributed by atoms with Gasteiger partial charge in [0.05, 0.1) is 25.2 Å². The van der Waals surface area contributed by atoms with Gasteiger partial charge in [-0.2, -0.15) is 0 Å². The standard InChI is InChI=1S/C13H25NO4.C11H21NO2S2/c1-9(2)7-8-18-11(4)10(3)14-12(15)5-6-13(16)17;1-9(8-13)12-11(14)5-3-2-4-10-6-7-15-16-10/h9-11H,5-8H2,1-4H3,(H,14,15)(H,16,17);9-10,13H,2-8H2,1H3,(H,12,14). The normalized spacial score (nSPS) is 17.9. The molecule has 1 aliphatic heterocycles. The molecule has 1 rings (SSSR count). The van der Waals surface area contributed by atoms with E-state index in [4.69, 9.17) is 14.9 Å². The molecule has 0 aromatic carbocycles. The van der Waals surface area contributed by atoms with E-state index in [0.29, 0.717) is 18.9 Å². The van der Waals surface area contributed by atoms with Crippen molar-refractivity contribution >= 4 is 39.4 Å². The lowest BCUT2D eigenvalue weighted by molar-refractivity contribution is -0.139. The smallest absolute Gasteiger partial charge is 0.303 e. The largest absolute Gasteiger partial charge is 0.481 e. The van der Waals surface area contributed by atoms with E-state index in [0.717, 1.165) is 24.5 Å². The van der Waals surface area contributed by atoms with Crippen LogP contribution in [-0.2, 0) is 19.1 Å². The lowest BCUT2D eigenvalue weighted by Crippen LogP contribution is -2.41. The first-order valence-corrected chi connectivity index (χ1v) is 14.7. The van der Waals surface area contributed by atoms with Crippen LogP contribution in [0.4, 0.5) is 0 Å². The molecule has 1 heterocycles. The van der Waals surface area contributed by atoms with Gasteiger partial charge < -0.3 is 25.6 Å². The van der Waals surface area contributed by atoms with E-state index in [1.165, 1.54) is 18.6 Å².